The standard InChI is InChI=1S/C22H19F2NO5S/c1-28-17-5-2-14(3-6-17)19-13-16(4-8-21(19)30-22(23)24)25-31(26,27)18-7-9-20-15(12-18)10-11-29-20/h2-9,12-13,22,25H,10-11H2,1H3. The Bertz CT molecular complexity index is 1200. The van der Waals surface area contributed by atoms with Crippen molar-refractivity contribution < 1.29 is 31.4 Å². The van der Waals surface area contributed by atoms with Crippen LogP contribution in [-0.4, -0.2) is 28.7 Å². The molecule has 1 N–H and O–H groups in total. The van der Waals surface area contributed by atoms with E-state index in [0.29, 0.717) is 35.7 Å². The van der Waals surface area contributed by atoms with Crippen LogP contribution in [-0.2, 0) is 16.4 Å². The fourth-order valence-electron chi connectivity index (χ4n) is 3.33. The summed E-state index contributed by atoms with van der Waals surface area (Å²) in [6.07, 6.45) is 0.639. The molecular formula is C22H19F2NO5S. The number of rotatable bonds is 7. The van der Waals surface area contributed by atoms with Crippen LogP contribution in [0.25, 0.3) is 11.1 Å². The number of methoxy groups -OCH3 is 1. The van der Waals surface area contributed by atoms with Gasteiger partial charge in [0.1, 0.15) is 17.2 Å². The smallest absolute Gasteiger partial charge is 0.387 e. The van der Waals surface area contributed by atoms with E-state index in [4.69, 9.17) is 9.47 Å². The second-order valence-corrected chi connectivity index (χ2v) is 8.47. The molecular weight excluding hydrogens is 428 g/mol. The Morgan fingerprint density at radius 3 is 2.52 bits per heavy atom. The van der Waals surface area contributed by atoms with Crippen molar-refractivity contribution >= 4 is 15.7 Å². The van der Waals surface area contributed by atoms with Gasteiger partial charge in [-0.25, -0.2) is 8.42 Å². The minimum absolute atomic E-state index is 0.0715. The van der Waals surface area contributed by atoms with Gasteiger partial charge in [-0.2, -0.15) is 8.78 Å². The van der Waals surface area contributed by atoms with Gasteiger partial charge in [-0.3, -0.25) is 4.72 Å². The first kappa shape index (κ1) is 20.9. The van der Waals surface area contributed by atoms with Gasteiger partial charge >= 0.3 is 6.61 Å². The van der Waals surface area contributed by atoms with Gasteiger partial charge in [0.05, 0.1) is 18.6 Å². The Balaban J connectivity index is 1.68. The normalized spacial score (nSPS) is 12.9. The summed E-state index contributed by atoms with van der Waals surface area (Å²) in [5.41, 5.74) is 1.91. The fraction of sp³-hybridized carbons (Fsp3) is 0.182. The maximum absolute atomic E-state index is 12.9. The van der Waals surface area contributed by atoms with E-state index in [9.17, 15) is 17.2 Å². The molecule has 1 heterocycles. The molecule has 3 aromatic carbocycles. The van der Waals surface area contributed by atoms with Crippen LogP contribution in [0.1, 0.15) is 5.56 Å². The van der Waals surface area contributed by atoms with Crippen LogP contribution >= 0.6 is 0 Å². The molecule has 0 aromatic heterocycles. The molecule has 0 radical (unpaired) electrons. The summed E-state index contributed by atoms with van der Waals surface area (Å²) in [4.78, 5) is 0.0932. The molecule has 1 aliphatic rings. The van der Waals surface area contributed by atoms with Gasteiger partial charge in [-0.15, -0.1) is 0 Å². The number of sulfonamides is 1. The van der Waals surface area contributed by atoms with Crippen LogP contribution in [0.3, 0.4) is 0 Å². The van der Waals surface area contributed by atoms with Crippen LogP contribution < -0.4 is 18.9 Å². The summed E-state index contributed by atoms with van der Waals surface area (Å²) in [7, 11) is -2.38. The first-order chi connectivity index (χ1) is 14.9. The lowest BCUT2D eigenvalue weighted by molar-refractivity contribution is -0.0494. The van der Waals surface area contributed by atoms with E-state index < -0.39 is 16.6 Å². The Hall–Kier alpha value is -3.33. The number of anilines is 1. The molecule has 0 fully saturated rings. The van der Waals surface area contributed by atoms with Crippen molar-refractivity contribution in [1.29, 1.82) is 0 Å². The van der Waals surface area contributed by atoms with Crippen molar-refractivity contribution in [3.05, 3.63) is 66.2 Å². The summed E-state index contributed by atoms with van der Waals surface area (Å²) in [6, 6.07) is 15.5. The van der Waals surface area contributed by atoms with E-state index in [1.807, 2.05) is 0 Å². The van der Waals surface area contributed by atoms with Gasteiger partial charge in [-0.05, 0) is 59.7 Å². The van der Waals surface area contributed by atoms with Crippen LogP contribution in [0, 0.1) is 0 Å². The van der Waals surface area contributed by atoms with Crippen LogP contribution in [0.4, 0.5) is 14.5 Å². The molecule has 0 saturated heterocycles. The Labute approximate surface area is 178 Å². The maximum Gasteiger partial charge on any atom is 0.387 e. The molecule has 0 bridgehead atoms. The summed E-state index contributed by atoms with van der Waals surface area (Å²) in [5, 5.41) is 0. The average molecular weight is 447 g/mol. The highest BCUT2D eigenvalue weighted by atomic mass is 32.2. The van der Waals surface area contributed by atoms with E-state index >= 15 is 0 Å². The predicted octanol–water partition coefficient (Wildman–Crippen LogP) is 4.70. The minimum Gasteiger partial charge on any atom is -0.497 e. The minimum atomic E-state index is -3.89. The first-order valence-corrected chi connectivity index (χ1v) is 10.9. The summed E-state index contributed by atoms with van der Waals surface area (Å²) in [6.45, 7) is -2.50. The van der Waals surface area contributed by atoms with E-state index in [-0.39, 0.29) is 16.3 Å². The van der Waals surface area contributed by atoms with Crippen molar-refractivity contribution in [3.63, 3.8) is 0 Å². The van der Waals surface area contributed by atoms with E-state index in [0.717, 1.165) is 5.56 Å². The molecule has 0 aliphatic carbocycles. The highest BCUT2D eigenvalue weighted by molar-refractivity contribution is 7.92. The number of ether oxygens (including phenoxy) is 3. The molecule has 162 valence electrons. The molecule has 4 rings (SSSR count). The third-order valence-corrected chi connectivity index (χ3v) is 6.20. The van der Waals surface area contributed by atoms with Gasteiger partial charge in [0.2, 0.25) is 0 Å². The maximum atomic E-state index is 12.9. The van der Waals surface area contributed by atoms with Gasteiger partial charge in [0.15, 0.2) is 0 Å². The number of halogens is 2. The summed E-state index contributed by atoms with van der Waals surface area (Å²) >= 11 is 0. The molecule has 0 spiro atoms. The molecule has 0 amide bonds. The number of benzene rings is 3. The van der Waals surface area contributed by atoms with Crippen molar-refractivity contribution in [2.24, 2.45) is 0 Å². The molecule has 1 aliphatic heterocycles. The zero-order chi connectivity index (χ0) is 22.0. The molecule has 3 aromatic rings. The van der Waals surface area contributed by atoms with Gasteiger partial charge in [0, 0.05) is 17.7 Å². The van der Waals surface area contributed by atoms with Gasteiger partial charge in [-0.1, -0.05) is 12.1 Å². The Morgan fingerprint density at radius 1 is 1.03 bits per heavy atom. The number of alkyl halides is 2. The molecule has 0 unspecified atom stereocenters. The second-order valence-electron chi connectivity index (χ2n) is 6.79. The molecule has 6 nitrogen and oxygen atoms in total. The number of hydrogen-bond donors (Lipinski definition) is 1. The van der Waals surface area contributed by atoms with Crippen molar-refractivity contribution in [3.8, 4) is 28.4 Å². The lowest BCUT2D eigenvalue weighted by Crippen LogP contribution is -2.13. The van der Waals surface area contributed by atoms with Crippen molar-refractivity contribution in [1.82, 2.24) is 0 Å². The van der Waals surface area contributed by atoms with Gasteiger partial charge in [0.25, 0.3) is 10.0 Å². The van der Waals surface area contributed by atoms with Crippen LogP contribution in [0.5, 0.6) is 17.2 Å². The third-order valence-electron chi connectivity index (χ3n) is 4.82. The first-order valence-electron chi connectivity index (χ1n) is 9.37. The molecule has 9 heteroatoms. The van der Waals surface area contributed by atoms with E-state index in [2.05, 4.69) is 9.46 Å². The highest BCUT2D eigenvalue weighted by Gasteiger charge is 2.20. The van der Waals surface area contributed by atoms with Crippen LogP contribution in [0.15, 0.2) is 65.6 Å². The molecule has 31 heavy (non-hydrogen) atoms. The number of fused-ring (bicyclic) bond motifs is 1. The zero-order valence-corrected chi connectivity index (χ0v) is 17.3. The largest absolute Gasteiger partial charge is 0.497 e. The summed E-state index contributed by atoms with van der Waals surface area (Å²) < 4.78 is 69.2. The lowest BCUT2D eigenvalue weighted by Gasteiger charge is -2.15. The van der Waals surface area contributed by atoms with E-state index in [1.54, 1.807) is 36.4 Å². The highest BCUT2D eigenvalue weighted by Crippen LogP contribution is 2.35. The number of nitrogens with one attached hydrogen (secondary N) is 1. The lowest BCUT2D eigenvalue weighted by atomic mass is 10.0. The summed E-state index contributed by atoms with van der Waals surface area (Å²) in [5.74, 6) is 1.20. The topological polar surface area (TPSA) is 73.9 Å². The van der Waals surface area contributed by atoms with Gasteiger partial charge < -0.3 is 14.2 Å². The van der Waals surface area contributed by atoms with E-state index in [1.165, 1.54) is 31.4 Å². The predicted molar refractivity (Wildman–Crippen MR) is 112 cm³/mol. The van der Waals surface area contributed by atoms with Crippen LogP contribution in [0.2, 0.25) is 0 Å². The second kappa shape index (κ2) is 8.43. The molecule has 0 saturated carbocycles. The monoisotopic (exact) mass is 447 g/mol. The Kier molecular flexibility index (Phi) is 5.69. The molecule has 0 atom stereocenters. The Morgan fingerprint density at radius 2 is 1.81 bits per heavy atom. The average Bonchev–Trinajstić information content (AvgIpc) is 3.22. The third kappa shape index (κ3) is 4.56. The van der Waals surface area contributed by atoms with Crippen molar-refractivity contribution in [2.75, 3.05) is 18.4 Å². The quantitative estimate of drug-likeness (QED) is 0.568. The van der Waals surface area contributed by atoms with Crippen molar-refractivity contribution in [2.45, 2.75) is 17.9 Å². The fourth-order valence-corrected chi connectivity index (χ4v) is 4.43. The number of hydrogen-bond acceptors (Lipinski definition) is 5. The SMILES string of the molecule is COc1ccc(-c2cc(NS(=O)(=O)c3ccc4c(c3)CCO4)ccc2OC(F)F)cc1. The zero-order valence-electron chi connectivity index (χ0n) is 16.5.